The van der Waals surface area contributed by atoms with Crippen molar-refractivity contribution in [2.24, 2.45) is 5.92 Å². The highest BCUT2D eigenvalue weighted by Crippen LogP contribution is 2.08. The molecule has 0 radical (unpaired) electrons. The quantitative estimate of drug-likeness (QED) is 0.817. The molecule has 0 bridgehead atoms. The zero-order valence-corrected chi connectivity index (χ0v) is 11.2. The number of benzene rings is 1. The molecule has 2 rings (SSSR count). The summed E-state index contributed by atoms with van der Waals surface area (Å²) in [6.07, 6.45) is 2.66. The fourth-order valence-electron chi connectivity index (χ4n) is 2.51. The number of ether oxygens (including phenoxy) is 1. The Morgan fingerprint density at radius 2 is 1.89 bits per heavy atom. The Kier molecular flexibility index (Phi) is 4.37. The number of hydrogen-bond acceptors (Lipinski definition) is 2. The molecule has 1 N–H and O–H groups in total. The van der Waals surface area contributed by atoms with Gasteiger partial charge in [0, 0.05) is 5.56 Å². The average molecular weight is 248 g/mol. The highest BCUT2D eigenvalue weighted by Gasteiger charge is 2.18. The van der Waals surface area contributed by atoms with Crippen molar-refractivity contribution in [2.45, 2.75) is 26.3 Å². The molecule has 98 valence electrons. The van der Waals surface area contributed by atoms with Crippen molar-refractivity contribution in [2.75, 3.05) is 20.2 Å². The van der Waals surface area contributed by atoms with E-state index in [1.807, 2.05) is 24.3 Å². The molecule has 0 atom stereocenters. The van der Waals surface area contributed by atoms with Crippen LogP contribution in [-0.4, -0.2) is 26.2 Å². The summed E-state index contributed by atoms with van der Waals surface area (Å²) in [4.78, 5) is 13.0. The molecule has 0 unspecified atom stereocenters. The Morgan fingerprint density at radius 1 is 1.28 bits per heavy atom. The van der Waals surface area contributed by atoms with Gasteiger partial charge in [-0.2, -0.15) is 0 Å². The van der Waals surface area contributed by atoms with E-state index in [1.165, 1.54) is 38.6 Å². The second kappa shape index (κ2) is 6.01. The van der Waals surface area contributed by atoms with Crippen LogP contribution in [0.1, 0.15) is 35.7 Å². The summed E-state index contributed by atoms with van der Waals surface area (Å²) in [5, 5.41) is 0. The van der Waals surface area contributed by atoms with Gasteiger partial charge in [-0.05, 0) is 30.9 Å². The lowest BCUT2D eigenvalue weighted by Gasteiger charge is -2.27. The molecule has 0 aromatic heterocycles. The molecule has 3 nitrogen and oxygen atoms in total. The number of esters is 1. The van der Waals surface area contributed by atoms with Crippen LogP contribution in [0.3, 0.4) is 0 Å². The lowest BCUT2D eigenvalue weighted by molar-refractivity contribution is -0.919. The van der Waals surface area contributed by atoms with Crippen molar-refractivity contribution < 1.29 is 14.4 Å². The van der Waals surface area contributed by atoms with Gasteiger partial charge in [-0.1, -0.05) is 19.1 Å². The fraction of sp³-hybridized carbons (Fsp3) is 0.533. The van der Waals surface area contributed by atoms with Gasteiger partial charge < -0.3 is 9.64 Å². The van der Waals surface area contributed by atoms with Gasteiger partial charge in [-0.3, -0.25) is 0 Å². The number of carbonyl (C=O) groups excluding carboxylic acids is 1. The number of likely N-dealkylation sites (tertiary alicyclic amines) is 1. The maximum absolute atomic E-state index is 11.3. The number of piperidine rings is 1. The molecule has 1 aliphatic heterocycles. The van der Waals surface area contributed by atoms with Crippen LogP contribution in [0.4, 0.5) is 0 Å². The van der Waals surface area contributed by atoms with Crippen molar-refractivity contribution >= 4 is 5.97 Å². The zero-order valence-electron chi connectivity index (χ0n) is 11.2. The van der Waals surface area contributed by atoms with Gasteiger partial charge in [0.25, 0.3) is 0 Å². The first-order valence-electron chi connectivity index (χ1n) is 6.70. The van der Waals surface area contributed by atoms with E-state index >= 15 is 0 Å². The minimum absolute atomic E-state index is 0.263. The Labute approximate surface area is 109 Å². The second-order valence-electron chi connectivity index (χ2n) is 5.30. The first-order valence-corrected chi connectivity index (χ1v) is 6.70. The van der Waals surface area contributed by atoms with Crippen LogP contribution in [0.15, 0.2) is 24.3 Å². The lowest BCUT2D eigenvalue weighted by atomic mass is 9.99. The first-order chi connectivity index (χ1) is 8.69. The molecule has 1 saturated heterocycles. The standard InChI is InChI=1S/C15H21NO2/c1-12-7-9-16(10-8-12)11-13-3-5-14(6-4-13)15(17)18-2/h3-6,12H,7-11H2,1-2H3/p+1. The molecule has 18 heavy (non-hydrogen) atoms. The highest BCUT2D eigenvalue weighted by molar-refractivity contribution is 5.89. The molecular formula is C15H22NO2+. The topological polar surface area (TPSA) is 30.7 Å². The monoisotopic (exact) mass is 248 g/mol. The van der Waals surface area contributed by atoms with Gasteiger partial charge in [-0.25, -0.2) is 4.79 Å². The first kappa shape index (κ1) is 13.1. The van der Waals surface area contributed by atoms with Gasteiger partial charge in [-0.15, -0.1) is 0 Å². The van der Waals surface area contributed by atoms with Crippen molar-refractivity contribution in [3.05, 3.63) is 35.4 Å². The number of hydrogen-bond donors (Lipinski definition) is 1. The Bertz CT molecular complexity index is 391. The Hall–Kier alpha value is -1.35. The summed E-state index contributed by atoms with van der Waals surface area (Å²) < 4.78 is 4.69. The van der Waals surface area contributed by atoms with Crippen LogP contribution >= 0.6 is 0 Å². The molecule has 0 spiro atoms. The fourth-order valence-corrected chi connectivity index (χ4v) is 2.51. The van der Waals surface area contributed by atoms with Crippen LogP contribution in [0.25, 0.3) is 0 Å². The Morgan fingerprint density at radius 3 is 2.44 bits per heavy atom. The van der Waals surface area contributed by atoms with E-state index in [0.717, 1.165) is 12.5 Å². The third-order valence-corrected chi connectivity index (χ3v) is 3.81. The SMILES string of the molecule is COC(=O)c1ccc(C[NH+]2CCC(C)CC2)cc1. The van der Waals surface area contributed by atoms with Gasteiger partial charge in [0.2, 0.25) is 0 Å². The molecule has 1 heterocycles. The molecule has 1 aromatic carbocycles. The molecule has 1 fully saturated rings. The molecule has 1 aliphatic rings. The molecule has 0 saturated carbocycles. The average Bonchev–Trinajstić information content (AvgIpc) is 2.41. The third kappa shape index (κ3) is 3.33. The van der Waals surface area contributed by atoms with E-state index in [2.05, 4.69) is 6.92 Å². The van der Waals surface area contributed by atoms with E-state index in [0.29, 0.717) is 5.56 Å². The van der Waals surface area contributed by atoms with Crippen LogP contribution in [0.2, 0.25) is 0 Å². The summed E-state index contributed by atoms with van der Waals surface area (Å²) in [7, 11) is 1.41. The number of methoxy groups -OCH3 is 1. The summed E-state index contributed by atoms with van der Waals surface area (Å²) in [6, 6.07) is 7.79. The largest absolute Gasteiger partial charge is 0.465 e. The van der Waals surface area contributed by atoms with E-state index in [-0.39, 0.29) is 5.97 Å². The number of rotatable bonds is 3. The predicted molar refractivity (Wildman–Crippen MR) is 70.6 cm³/mol. The van der Waals surface area contributed by atoms with Crippen molar-refractivity contribution in [3.63, 3.8) is 0 Å². The minimum Gasteiger partial charge on any atom is -0.465 e. The minimum atomic E-state index is -0.263. The van der Waals surface area contributed by atoms with E-state index in [4.69, 9.17) is 4.74 Å². The third-order valence-electron chi connectivity index (χ3n) is 3.81. The molecular weight excluding hydrogens is 226 g/mol. The highest BCUT2D eigenvalue weighted by atomic mass is 16.5. The van der Waals surface area contributed by atoms with Gasteiger partial charge >= 0.3 is 5.97 Å². The predicted octanol–water partition coefficient (Wildman–Crippen LogP) is 1.29. The van der Waals surface area contributed by atoms with Crippen LogP contribution < -0.4 is 4.90 Å². The van der Waals surface area contributed by atoms with Crippen molar-refractivity contribution in [1.29, 1.82) is 0 Å². The molecule has 1 aromatic rings. The van der Waals surface area contributed by atoms with Crippen molar-refractivity contribution in [1.82, 2.24) is 0 Å². The van der Waals surface area contributed by atoms with Crippen LogP contribution in [0, 0.1) is 5.92 Å². The second-order valence-corrected chi connectivity index (χ2v) is 5.30. The van der Waals surface area contributed by atoms with E-state index in [1.54, 1.807) is 4.90 Å². The van der Waals surface area contributed by atoms with Crippen LogP contribution in [0.5, 0.6) is 0 Å². The maximum atomic E-state index is 11.3. The van der Waals surface area contributed by atoms with Gasteiger partial charge in [0.1, 0.15) is 6.54 Å². The molecule has 0 aliphatic carbocycles. The maximum Gasteiger partial charge on any atom is 0.337 e. The van der Waals surface area contributed by atoms with Gasteiger partial charge in [0.05, 0.1) is 25.8 Å². The number of quaternary nitrogens is 1. The molecule has 0 amide bonds. The summed E-state index contributed by atoms with van der Waals surface area (Å²) in [5.41, 5.74) is 1.93. The summed E-state index contributed by atoms with van der Waals surface area (Å²) in [6.45, 7) is 5.93. The zero-order chi connectivity index (χ0) is 13.0. The number of nitrogens with one attached hydrogen (secondary N) is 1. The van der Waals surface area contributed by atoms with Gasteiger partial charge in [0.15, 0.2) is 0 Å². The lowest BCUT2D eigenvalue weighted by Crippen LogP contribution is -3.11. The molecule has 3 heteroatoms. The summed E-state index contributed by atoms with van der Waals surface area (Å²) in [5.74, 6) is 0.621. The van der Waals surface area contributed by atoms with E-state index < -0.39 is 0 Å². The van der Waals surface area contributed by atoms with Crippen molar-refractivity contribution in [3.8, 4) is 0 Å². The summed E-state index contributed by atoms with van der Waals surface area (Å²) >= 11 is 0. The Balaban J connectivity index is 1.92. The number of carbonyl (C=O) groups is 1. The van der Waals surface area contributed by atoms with E-state index in [9.17, 15) is 4.79 Å². The smallest absolute Gasteiger partial charge is 0.337 e. The normalized spacial score (nSPS) is 23.7. The van der Waals surface area contributed by atoms with Crippen LogP contribution in [-0.2, 0) is 11.3 Å².